The second kappa shape index (κ2) is 8.34. The second-order valence-corrected chi connectivity index (χ2v) is 8.89. The number of halogens is 1. The Bertz CT molecular complexity index is 1250. The molecular formula is C23H19ClN2O3S. The van der Waals surface area contributed by atoms with Gasteiger partial charge >= 0.3 is 0 Å². The fraction of sp³-hybridized carbons (Fsp3) is 0.0870. The third-order valence-corrected chi connectivity index (χ3v) is 6.27. The summed E-state index contributed by atoms with van der Waals surface area (Å²) in [7, 11) is -3.86. The van der Waals surface area contributed by atoms with E-state index in [1.165, 1.54) is 12.1 Å². The van der Waals surface area contributed by atoms with Crippen molar-refractivity contribution in [3.63, 3.8) is 0 Å². The van der Waals surface area contributed by atoms with Crippen LogP contribution in [0.3, 0.4) is 0 Å². The van der Waals surface area contributed by atoms with Crippen LogP contribution in [0.25, 0.3) is 11.3 Å². The molecule has 0 saturated heterocycles. The lowest BCUT2D eigenvalue weighted by Gasteiger charge is -2.09. The smallest absolute Gasteiger partial charge is 0.264 e. The predicted octanol–water partition coefficient (Wildman–Crippen LogP) is 5.70. The molecule has 7 heteroatoms. The second-order valence-electron chi connectivity index (χ2n) is 6.80. The summed E-state index contributed by atoms with van der Waals surface area (Å²) in [5.41, 5.74) is 2.86. The summed E-state index contributed by atoms with van der Waals surface area (Å²) in [5.74, 6) is 0.433. The molecule has 1 heterocycles. The largest absolute Gasteiger partial charge is 0.423 e. The Hall–Kier alpha value is -3.09. The van der Waals surface area contributed by atoms with Gasteiger partial charge in [0.25, 0.3) is 10.0 Å². The fourth-order valence-electron chi connectivity index (χ4n) is 3.16. The molecule has 3 aromatic carbocycles. The first kappa shape index (κ1) is 20.2. The highest BCUT2D eigenvalue weighted by Crippen LogP contribution is 2.37. The molecular weight excluding hydrogens is 420 g/mol. The number of aromatic nitrogens is 1. The van der Waals surface area contributed by atoms with Crippen LogP contribution in [0.4, 0.5) is 5.88 Å². The van der Waals surface area contributed by atoms with Crippen molar-refractivity contribution in [3.8, 4) is 11.3 Å². The summed E-state index contributed by atoms with van der Waals surface area (Å²) < 4.78 is 34.2. The maximum Gasteiger partial charge on any atom is 0.264 e. The van der Waals surface area contributed by atoms with Crippen LogP contribution in [0, 0.1) is 6.92 Å². The van der Waals surface area contributed by atoms with Crippen molar-refractivity contribution < 1.29 is 12.8 Å². The van der Waals surface area contributed by atoms with Crippen LogP contribution in [0.2, 0.25) is 5.02 Å². The van der Waals surface area contributed by atoms with E-state index in [1.807, 2.05) is 49.4 Å². The Morgan fingerprint density at radius 3 is 2.27 bits per heavy atom. The van der Waals surface area contributed by atoms with Crippen LogP contribution in [0.5, 0.6) is 0 Å². The lowest BCUT2D eigenvalue weighted by molar-refractivity contribution is 0.521. The quantitative estimate of drug-likeness (QED) is 0.419. The molecule has 0 bridgehead atoms. The summed E-state index contributed by atoms with van der Waals surface area (Å²) in [6.45, 7) is 1.89. The topological polar surface area (TPSA) is 72.2 Å². The summed E-state index contributed by atoms with van der Waals surface area (Å²) in [5, 5.41) is 0.467. The Kier molecular flexibility index (Phi) is 5.61. The van der Waals surface area contributed by atoms with Gasteiger partial charge in [-0.05, 0) is 36.2 Å². The third-order valence-electron chi connectivity index (χ3n) is 4.61. The number of nitrogens with zero attached hydrogens (tertiary/aromatic N) is 1. The minimum atomic E-state index is -3.86. The first-order chi connectivity index (χ1) is 14.4. The van der Waals surface area contributed by atoms with Gasteiger partial charge in [-0.2, -0.15) is 0 Å². The molecule has 0 aliphatic rings. The highest BCUT2D eigenvalue weighted by atomic mass is 35.5. The van der Waals surface area contributed by atoms with Gasteiger partial charge in [0.1, 0.15) is 5.69 Å². The average molecular weight is 439 g/mol. The van der Waals surface area contributed by atoms with Crippen molar-refractivity contribution in [1.82, 2.24) is 4.98 Å². The molecule has 30 heavy (non-hydrogen) atoms. The maximum absolute atomic E-state index is 12.9. The molecule has 0 amide bonds. The normalized spacial score (nSPS) is 11.4. The number of sulfonamides is 1. The Balaban J connectivity index is 1.80. The molecule has 152 valence electrons. The van der Waals surface area contributed by atoms with Gasteiger partial charge in [0.15, 0.2) is 0 Å². The molecule has 0 spiro atoms. The summed E-state index contributed by atoms with van der Waals surface area (Å²) in [4.78, 5) is 4.73. The van der Waals surface area contributed by atoms with Crippen molar-refractivity contribution in [1.29, 1.82) is 0 Å². The van der Waals surface area contributed by atoms with Gasteiger partial charge in [0.2, 0.25) is 11.8 Å². The van der Waals surface area contributed by atoms with Gasteiger partial charge in [-0.25, -0.2) is 18.1 Å². The molecule has 4 rings (SSSR count). The van der Waals surface area contributed by atoms with E-state index < -0.39 is 10.0 Å². The number of nitrogens with one attached hydrogen (secondary N) is 1. The Morgan fingerprint density at radius 2 is 1.60 bits per heavy atom. The zero-order valence-electron chi connectivity index (χ0n) is 16.2. The van der Waals surface area contributed by atoms with Crippen molar-refractivity contribution in [3.05, 3.63) is 101 Å². The highest BCUT2D eigenvalue weighted by Gasteiger charge is 2.24. The number of oxazole rings is 1. The number of anilines is 1. The van der Waals surface area contributed by atoms with Crippen molar-refractivity contribution in [2.75, 3.05) is 4.72 Å². The minimum absolute atomic E-state index is 0.0426. The zero-order valence-corrected chi connectivity index (χ0v) is 17.7. The predicted molar refractivity (Wildman–Crippen MR) is 118 cm³/mol. The van der Waals surface area contributed by atoms with E-state index in [0.717, 1.165) is 11.1 Å². The summed E-state index contributed by atoms with van der Waals surface area (Å²) in [6, 6.07) is 23.3. The lowest BCUT2D eigenvalue weighted by atomic mass is 10.1. The van der Waals surface area contributed by atoms with E-state index in [0.29, 0.717) is 28.6 Å². The molecule has 0 fully saturated rings. The van der Waals surface area contributed by atoms with E-state index >= 15 is 0 Å². The standard InChI is InChI=1S/C23H19ClN2O3S/c1-16-9-8-14-19(24)21(16)22-23(26-30(27,28)18-12-6-3-7-13-18)29-20(25-22)15-17-10-4-2-5-11-17/h2-14,26H,15H2,1H3. The molecule has 5 nitrogen and oxygen atoms in total. The molecule has 0 saturated carbocycles. The third kappa shape index (κ3) is 4.25. The number of hydrogen-bond donors (Lipinski definition) is 1. The molecule has 4 aromatic rings. The molecule has 0 radical (unpaired) electrons. The first-order valence-electron chi connectivity index (χ1n) is 9.31. The molecule has 0 unspecified atom stereocenters. The lowest BCUT2D eigenvalue weighted by Crippen LogP contribution is -2.13. The van der Waals surface area contributed by atoms with Gasteiger partial charge in [-0.3, -0.25) is 0 Å². The monoisotopic (exact) mass is 438 g/mol. The molecule has 0 atom stereocenters. The van der Waals surface area contributed by atoms with Gasteiger partial charge < -0.3 is 4.42 Å². The van der Waals surface area contributed by atoms with E-state index in [4.69, 9.17) is 16.0 Å². The summed E-state index contributed by atoms with van der Waals surface area (Å²) >= 11 is 6.43. The van der Waals surface area contributed by atoms with E-state index in [2.05, 4.69) is 9.71 Å². The maximum atomic E-state index is 12.9. The van der Waals surface area contributed by atoms with Gasteiger partial charge in [0.05, 0.1) is 9.92 Å². The first-order valence-corrected chi connectivity index (χ1v) is 11.2. The Labute approximate surface area is 180 Å². The van der Waals surface area contributed by atoms with Gasteiger partial charge in [0, 0.05) is 12.0 Å². The highest BCUT2D eigenvalue weighted by molar-refractivity contribution is 7.92. The zero-order chi connectivity index (χ0) is 21.1. The van der Waals surface area contributed by atoms with Crippen LogP contribution in [0.1, 0.15) is 17.0 Å². The van der Waals surface area contributed by atoms with Crippen LogP contribution in [0.15, 0.2) is 88.2 Å². The van der Waals surface area contributed by atoms with Crippen LogP contribution < -0.4 is 4.72 Å². The molecule has 0 aliphatic carbocycles. The van der Waals surface area contributed by atoms with Crippen molar-refractivity contribution in [2.45, 2.75) is 18.2 Å². The van der Waals surface area contributed by atoms with Crippen LogP contribution >= 0.6 is 11.6 Å². The van der Waals surface area contributed by atoms with Crippen molar-refractivity contribution in [2.24, 2.45) is 0 Å². The number of rotatable bonds is 6. The molecule has 1 aromatic heterocycles. The van der Waals surface area contributed by atoms with E-state index in [-0.39, 0.29) is 10.8 Å². The minimum Gasteiger partial charge on any atom is -0.423 e. The summed E-state index contributed by atoms with van der Waals surface area (Å²) in [6.07, 6.45) is 0.421. The number of aryl methyl sites for hydroxylation is 1. The van der Waals surface area contributed by atoms with Gasteiger partial charge in [-0.1, -0.05) is 72.3 Å². The van der Waals surface area contributed by atoms with E-state index in [9.17, 15) is 8.42 Å². The fourth-order valence-corrected chi connectivity index (χ4v) is 4.49. The van der Waals surface area contributed by atoms with Crippen molar-refractivity contribution >= 4 is 27.5 Å². The van der Waals surface area contributed by atoms with Gasteiger partial charge in [-0.15, -0.1) is 0 Å². The molecule has 1 N–H and O–H groups in total. The van der Waals surface area contributed by atoms with Crippen LogP contribution in [-0.4, -0.2) is 13.4 Å². The average Bonchev–Trinajstić information content (AvgIpc) is 3.10. The van der Waals surface area contributed by atoms with E-state index in [1.54, 1.807) is 24.3 Å². The molecule has 0 aliphatic heterocycles. The number of benzene rings is 3. The van der Waals surface area contributed by atoms with Crippen LogP contribution in [-0.2, 0) is 16.4 Å². The Morgan fingerprint density at radius 1 is 0.933 bits per heavy atom. The SMILES string of the molecule is Cc1cccc(Cl)c1-c1nc(Cc2ccccc2)oc1NS(=O)(=O)c1ccccc1. The number of hydrogen-bond acceptors (Lipinski definition) is 4.